The van der Waals surface area contributed by atoms with Crippen molar-refractivity contribution in [2.75, 3.05) is 0 Å². The predicted molar refractivity (Wildman–Crippen MR) is 63.3 cm³/mol. The highest BCUT2D eigenvalue weighted by Crippen LogP contribution is 2.34. The molecular weight excluding hydrogens is 222 g/mol. The molecule has 0 bridgehead atoms. The van der Waals surface area contributed by atoms with E-state index in [1.165, 1.54) is 0 Å². The lowest BCUT2D eigenvalue weighted by Crippen LogP contribution is -2.43. The lowest BCUT2D eigenvalue weighted by Gasteiger charge is -2.29. The summed E-state index contributed by atoms with van der Waals surface area (Å²) in [6.07, 6.45) is 3.53. The van der Waals surface area contributed by atoms with Gasteiger partial charge in [0.2, 0.25) is 5.54 Å². The van der Waals surface area contributed by atoms with E-state index >= 15 is 0 Å². The fourth-order valence-corrected chi connectivity index (χ4v) is 2.28. The van der Waals surface area contributed by atoms with Gasteiger partial charge in [0.25, 0.3) is 0 Å². The van der Waals surface area contributed by atoms with Crippen molar-refractivity contribution >= 4 is 5.97 Å². The number of ether oxygens (including phenoxy) is 1. The summed E-state index contributed by atoms with van der Waals surface area (Å²) in [4.78, 5) is 22.6. The third-order valence-corrected chi connectivity index (χ3v) is 3.06. The van der Waals surface area contributed by atoms with Crippen molar-refractivity contribution in [2.45, 2.75) is 70.4 Å². The third-order valence-electron chi connectivity index (χ3n) is 3.06. The zero-order chi connectivity index (χ0) is 13.1. The molecule has 5 heteroatoms. The topological polar surface area (TPSA) is 69.4 Å². The van der Waals surface area contributed by atoms with Crippen LogP contribution in [0.3, 0.4) is 0 Å². The van der Waals surface area contributed by atoms with Gasteiger partial charge < -0.3 is 4.74 Å². The Morgan fingerprint density at radius 2 is 1.82 bits per heavy atom. The molecule has 1 fully saturated rings. The predicted octanol–water partition coefficient (Wildman–Crippen LogP) is 2.70. The molecule has 0 saturated heterocycles. The number of carbonyl (C=O) groups is 1. The molecule has 0 spiro atoms. The van der Waals surface area contributed by atoms with Crippen LogP contribution in [-0.4, -0.2) is 22.0 Å². The first-order valence-corrected chi connectivity index (χ1v) is 6.12. The molecule has 5 nitrogen and oxygen atoms in total. The van der Waals surface area contributed by atoms with Crippen molar-refractivity contribution in [1.29, 1.82) is 0 Å². The van der Waals surface area contributed by atoms with Crippen LogP contribution in [0.1, 0.15) is 59.3 Å². The second-order valence-corrected chi connectivity index (χ2v) is 5.81. The quantitative estimate of drug-likeness (QED) is 0.434. The van der Waals surface area contributed by atoms with Gasteiger partial charge in [-0.25, -0.2) is 0 Å². The molecule has 0 amide bonds. The van der Waals surface area contributed by atoms with E-state index < -0.39 is 17.1 Å². The normalized spacial score (nSPS) is 19.7. The van der Waals surface area contributed by atoms with E-state index in [-0.39, 0.29) is 11.3 Å². The van der Waals surface area contributed by atoms with E-state index in [1.807, 2.05) is 0 Å². The monoisotopic (exact) mass is 243 g/mol. The summed E-state index contributed by atoms with van der Waals surface area (Å²) in [7, 11) is 0. The van der Waals surface area contributed by atoms with Crippen molar-refractivity contribution in [3.05, 3.63) is 10.1 Å². The zero-order valence-electron chi connectivity index (χ0n) is 10.8. The van der Waals surface area contributed by atoms with Crippen LogP contribution in [0.2, 0.25) is 0 Å². The van der Waals surface area contributed by atoms with E-state index in [9.17, 15) is 14.9 Å². The number of esters is 1. The van der Waals surface area contributed by atoms with Gasteiger partial charge in [-0.3, -0.25) is 14.9 Å². The first-order chi connectivity index (χ1) is 7.75. The highest BCUT2D eigenvalue weighted by molar-refractivity contribution is 5.71. The second-order valence-electron chi connectivity index (χ2n) is 5.81. The van der Waals surface area contributed by atoms with Gasteiger partial charge >= 0.3 is 5.97 Å². The molecule has 0 aliphatic heterocycles. The Labute approximate surface area is 102 Å². The van der Waals surface area contributed by atoms with Crippen LogP contribution in [0.5, 0.6) is 0 Å². The molecule has 0 atom stereocenters. The van der Waals surface area contributed by atoms with Crippen molar-refractivity contribution in [3.63, 3.8) is 0 Å². The highest BCUT2D eigenvalue weighted by Gasteiger charge is 2.46. The molecular formula is C12H21NO4. The SMILES string of the molecule is CC(C)(C)OC(=O)CC1([N+](=O)[O-])CCCCC1. The maximum Gasteiger partial charge on any atom is 0.313 e. The molecule has 0 aromatic heterocycles. The Hall–Kier alpha value is -1.13. The molecule has 0 N–H and O–H groups in total. The summed E-state index contributed by atoms with van der Waals surface area (Å²) < 4.78 is 5.17. The number of hydrogen-bond acceptors (Lipinski definition) is 4. The van der Waals surface area contributed by atoms with Crippen LogP contribution in [0.25, 0.3) is 0 Å². The van der Waals surface area contributed by atoms with E-state index in [1.54, 1.807) is 20.8 Å². The summed E-state index contributed by atoms with van der Waals surface area (Å²) in [5.41, 5.74) is -1.66. The molecule has 0 radical (unpaired) electrons. The molecule has 0 aromatic rings. The first kappa shape index (κ1) is 13.9. The lowest BCUT2D eigenvalue weighted by atomic mass is 9.80. The molecule has 1 aliphatic carbocycles. The average Bonchev–Trinajstić information content (AvgIpc) is 2.15. The largest absolute Gasteiger partial charge is 0.460 e. The highest BCUT2D eigenvalue weighted by atomic mass is 16.6. The fraction of sp³-hybridized carbons (Fsp3) is 0.917. The van der Waals surface area contributed by atoms with Crippen molar-refractivity contribution in [3.8, 4) is 0 Å². The van der Waals surface area contributed by atoms with Crippen LogP contribution in [0.15, 0.2) is 0 Å². The van der Waals surface area contributed by atoms with E-state index in [2.05, 4.69) is 0 Å². The lowest BCUT2D eigenvalue weighted by molar-refractivity contribution is -0.574. The standard InChI is InChI=1S/C12H21NO4/c1-11(2,3)17-10(14)9-12(13(15)16)7-5-4-6-8-12/h4-9H2,1-3H3. The minimum atomic E-state index is -1.08. The fourth-order valence-electron chi connectivity index (χ4n) is 2.28. The third kappa shape index (κ3) is 3.98. The molecule has 17 heavy (non-hydrogen) atoms. The molecule has 1 rings (SSSR count). The smallest absolute Gasteiger partial charge is 0.313 e. The Morgan fingerprint density at radius 3 is 2.24 bits per heavy atom. The Kier molecular flexibility index (Phi) is 4.11. The number of rotatable bonds is 3. The van der Waals surface area contributed by atoms with E-state index in [0.717, 1.165) is 19.3 Å². The average molecular weight is 243 g/mol. The number of nitrogens with zero attached hydrogens (tertiary/aromatic N) is 1. The molecule has 1 saturated carbocycles. The van der Waals surface area contributed by atoms with Crippen molar-refractivity contribution in [1.82, 2.24) is 0 Å². The maximum atomic E-state index is 11.7. The molecule has 98 valence electrons. The van der Waals surface area contributed by atoms with Crippen LogP contribution in [0, 0.1) is 10.1 Å². The van der Waals surface area contributed by atoms with Gasteiger partial charge in [-0.2, -0.15) is 0 Å². The van der Waals surface area contributed by atoms with Crippen LogP contribution >= 0.6 is 0 Å². The van der Waals surface area contributed by atoms with Gasteiger partial charge in [0.15, 0.2) is 0 Å². The Morgan fingerprint density at radius 1 is 1.29 bits per heavy atom. The molecule has 0 heterocycles. The van der Waals surface area contributed by atoms with E-state index in [4.69, 9.17) is 4.74 Å². The van der Waals surface area contributed by atoms with Crippen molar-refractivity contribution in [2.24, 2.45) is 0 Å². The summed E-state index contributed by atoms with van der Waals surface area (Å²) in [6.45, 7) is 5.31. The molecule has 0 aromatic carbocycles. The maximum absolute atomic E-state index is 11.7. The molecule has 0 unspecified atom stereocenters. The summed E-state index contributed by atoms with van der Waals surface area (Å²) in [6, 6.07) is 0. The number of hydrogen-bond donors (Lipinski definition) is 0. The Bertz CT molecular complexity index is 300. The summed E-state index contributed by atoms with van der Waals surface area (Å²) >= 11 is 0. The Balaban J connectivity index is 2.67. The minimum Gasteiger partial charge on any atom is -0.460 e. The van der Waals surface area contributed by atoms with Crippen molar-refractivity contribution < 1.29 is 14.5 Å². The summed E-state index contributed by atoms with van der Waals surface area (Å²) in [5.74, 6) is -0.462. The van der Waals surface area contributed by atoms with Crippen LogP contribution in [-0.2, 0) is 9.53 Å². The van der Waals surface area contributed by atoms with Gasteiger partial charge in [0.1, 0.15) is 12.0 Å². The van der Waals surface area contributed by atoms with Gasteiger partial charge in [0, 0.05) is 17.8 Å². The first-order valence-electron chi connectivity index (χ1n) is 6.12. The molecule has 1 aliphatic rings. The van der Waals surface area contributed by atoms with Gasteiger partial charge in [-0.1, -0.05) is 6.42 Å². The van der Waals surface area contributed by atoms with E-state index in [0.29, 0.717) is 12.8 Å². The van der Waals surface area contributed by atoms with Crippen LogP contribution < -0.4 is 0 Å². The summed E-state index contributed by atoms with van der Waals surface area (Å²) in [5, 5.41) is 11.2. The number of nitro groups is 1. The zero-order valence-corrected chi connectivity index (χ0v) is 10.8. The van der Waals surface area contributed by atoms with Gasteiger partial charge in [0.05, 0.1) is 0 Å². The minimum absolute atomic E-state index is 0.0999. The van der Waals surface area contributed by atoms with Gasteiger partial charge in [-0.05, 0) is 33.6 Å². The number of carbonyl (C=O) groups excluding carboxylic acids is 1. The van der Waals surface area contributed by atoms with Gasteiger partial charge in [-0.15, -0.1) is 0 Å². The second kappa shape index (κ2) is 5.02. The van der Waals surface area contributed by atoms with Crippen LogP contribution in [0.4, 0.5) is 0 Å².